The number of aliphatic hydroxyl groups is 1. The molecule has 0 aromatic carbocycles. The zero-order chi connectivity index (χ0) is 41.2. The molecule has 10 nitrogen and oxygen atoms in total. The highest BCUT2D eigenvalue weighted by molar-refractivity contribution is 7.47. The lowest BCUT2D eigenvalue weighted by molar-refractivity contribution is -0.161. The maximum Gasteiger partial charge on any atom is 0.472 e. The fourth-order valence-corrected chi connectivity index (χ4v) is 6.27. The molecule has 0 amide bonds. The molecule has 0 radical (unpaired) electrons. The molecule has 11 heteroatoms. The first-order chi connectivity index (χ1) is 27.2. The SMILES string of the molecule is CC/C=C\C/C=C\C/C=C\C/C=C\C/C=C\C=C/C(O)CCC(=O)O[C@H](COC(=O)CCCCCCCCCCCCCCCCC)COP(=O)(O)OCCN. The van der Waals surface area contributed by atoms with Gasteiger partial charge in [0.25, 0.3) is 0 Å². The summed E-state index contributed by atoms with van der Waals surface area (Å²) < 4.78 is 32.6. The number of esters is 2. The molecule has 0 aromatic rings. The van der Waals surface area contributed by atoms with E-state index in [0.717, 1.165) is 51.4 Å². The van der Waals surface area contributed by atoms with Crippen LogP contribution in [0.3, 0.4) is 0 Å². The fraction of sp³-hybridized carbons (Fsp3) is 0.689. The van der Waals surface area contributed by atoms with E-state index < -0.39 is 38.6 Å². The first-order valence-electron chi connectivity index (χ1n) is 21.5. The Balaban J connectivity index is 4.41. The van der Waals surface area contributed by atoms with Crippen LogP contribution < -0.4 is 5.73 Å². The van der Waals surface area contributed by atoms with E-state index in [1.165, 1.54) is 70.6 Å². The van der Waals surface area contributed by atoms with Gasteiger partial charge in [-0.2, -0.15) is 0 Å². The second-order valence-electron chi connectivity index (χ2n) is 14.0. The molecule has 0 saturated carbocycles. The van der Waals surface area contributed by atoms with Gasteiger partial charge in [0, 0.05) is 19.4 Å². The fourth-order valence-electron chi connectivity index (χ4n) is 5.51. The Morgan fingerprint density at radius 1 is 0.625 bits per heavy atom. The van der Waals surface area contributed by atoms with Gasteiger partial charge in [-0.15, -0.1) is 0 Å². The topological polar surface area (TPSA) is 155 Å². The van der Waals surface area contributed by atoms with E-state index in [-0.39, 0.29) is 39.0 Å². The minimum absolute atomic E-state index is 0.0150. The van der Waals surface area contributed by atoms with Crippen molar-refractivity contribution in [1.29, 1.82) is 0 Å². The first kappa shape index (κ1) is 53.4. The van der Waals surface area contributed by atoms with Gasteiger partial charge in [-0.05, 0) is 44.9 Å². The molecule has 0 rings (SSSR count). The van der Waals surface area contributed by atoms with E-state index in [9.17, 15) is 24.2 Å². The van der Waals surface area contributed by atoms with Crippen molar-refractivity contribution in [3.63, 3.8) is 0 Å². The molecule has 0 heterocycles. The van der Waals surface area contributed by atoms with Gasteiger partial charge in [-0.1, -0.05) is 177 Å². The number of rotatable bonds is 39. The monoisotopic (exact) mass is 808 g/mol. The van der Waals surface area contributed by atoms with Crippen LogP contribution in [0.1, 0.15) is 162 Å². The van der Waals surface area contributed by atoms with E-state index >= 15 is 0 Å². The van der Waals surface area contributed by atoms with Crippen molar-refractivity contribution < 1.29 is 42.7 Å². The molecule has 0 fully saturated rings. The lowest BCUT2D eigenvalue weighted by Crippen LogP contribution is -2.30. The molecule has 0 spiro atoms. The molecule has 0 aromatic heterocycles. The van der Waals surface area contributed by atoms with Crippen LogP contribution in [0.5, 0.6) is 0 Å². The predicted octanol–water partition coefficient (Wildman–Crippen LogP) is 11.2. The molecule has 0 aliphatic carbocycles. The third kappa shape index (κ3) is 39.6. The minimum atomic E-state index is -4.45. The first-order valence-corrected chi connectivity index (χ1v) is 23.0. The van der Waals surface area contributed by atoms with Gasteiger partial charge in [0.1, 0.15) is 6.61 Å². The summed E-state index contributed by atoms with van der Waals surface area (Å²) in [4.78, 5) is 34.9. The van der Waals surface area contributed by atoms with E-state index in [0.29, 0.717) is 6.42 Å². The highest BCUT2D eigenvalue weighted by Crippen LogP contribution is 2.43. The molecule has 4 N–H and O–H groups in total. The number of hydrogen-bond acceptors (Lipinski definition) is 9. The predicted molar refractivity (Wildman–Crippen MR) is 230 cm³/mol. The number of unbranched alkanes of at least 4 members (excludes halogenated alkanes) is 14. The number of nitrogens with two attached hydrogens (primary N) is 1. The minimum Gasteiger partial charge on any atom is -0.462 e. The summed E-state index contributed by atoms with van der Waals surface area (Å²) in [6, 6.07) is 0. The van der Waals surface area contributed by atoms with Crippen molar-refractivity contribution in [2.75, 3.05) is 26.4 Å². The smallest absolute Gasteiger partial charge is 0.462 e. The van der Waals surface area contributed by atoms with Gasteiger partial charge >= 0.3 is 19.8 Å². The molecule has 0 bridgehead atoms. The Morgan fingerprint density at radius 3 is 1.64 bits per heavy atom. The summed E-state index contributed by atoms with van der Waals surface area (Å²) in [5.41, 5.74) is 5.33. The quantitative estimate of drug-likeness (QED) is 0.0180. The zero-order valence-electron chi connectivity index (χ0n) is 35.0. The molecule has 56 heavy (non-hydrogen) atoms. The average Bonchev–Trinajstić information content (AvgIpc) is 3.18. The maximum absolute atomic E-state index is 12.6. The van der Waals surface area contributed by atoms with Gasteiger partial charge in [0.2, 0.25) is 0 Å². The lowest BCUT2D eigenvalue weighted by atomic mass is 10.0. The van der Waals surface area contributed by atoms with Crippen molar-refractivity contribution in [2.24, 2.45) is 5.73 Å². The van der Waals surface area contributed by atoms with Crippen LogP contribution in [-0.4, -0.2) is 60.5 Å². The van der Waals surface area contributed by atoms with Crippen LogP contribution in [0.15, 0.2) is 72.9 Å². The van der Waals surface area contributed by atoms with E-state index in [2.05, 4.69) is 62.5 Å². The van der Waals surface area contributed by atoms with Crippen LogP contribution >= 0.6 is 7.82 Å². The number of hydrogen-bond donors (Lipinski definition) is 3. The molecule has 0 aliphatic rings. The second kappa shape index (κ2) is 40.6. The van der Waals surface area contributed by atoms with Crippen molar-refractivity contribution in [1.82, 2.24) is 0 Å². The van der Waals surface area contributed by atoms with Crippen molar-refractivity contribution >= 4 is 19.8 Å². The van der Waals surface area contributed by atoms with Crippen molar-refractivity contribution in [2.45, 2.75) is 174 Å². The van der Waals surface area contributed by atoms with Gasteiger partial charge in [-0.25, -0.2) is 4.57 Å². The summed E-state index contributed by atoms with van der Waals surface area (Å²) in [6.07, 6.45) is 45.5. The third-order valence-corrected chi connectivity index (χ3v) is 9.71. The lowest BCUT2D eigenvalue weighted by Gasteiger charge is -2.20. The Bertz CT molecular complexity index is 1160. The van der Waals surface area contributed by atoms with Crippen LogP contribution in [0.2, 0.25) is 0 Å². The number of carbonyl (C=O) groups is 2. The highest BCUT2D eigenvalue weighted by Gasteiger charge is 2.26. The molecule has 0 saturated heterocycles. The van der Waals surface area contributed by atoms with Gasteiger partial charge in [0.05, 0.1) is 19.3 Å². The number of carbonyl (C=O) groups excluding carboxylic acids is 2. The summed E-state index contributed by atoms with van der Waals surface area (Å²) in [7, 11) is -4.45. The van der Waals surface area contributed by atoms with Crippen LogP contribution in [-0.2, 0) is 32.7 Å². The number of aliphatic hydroxyl groups excluding tert-OH is 1. The average molecular weight is 808 g/mol. The Kier molecular flexibility index (Phi) is 38.7. The Hall–Kier alpha value is -2.59. The largest absolute Gasteiger partial charge is 0.472 e. The van der Waals surface area contributed by atoms with Gasteiger partial charge in [0.15, 0.2) is 6.10 Å². The van der Waals surface area contributed by atoms with E-state index in [1.54, 1.807) is 12.2 Å². The maximum atomic E-state index is 12.6. The standard InChI is InChI=1S/C45H78NO9P/c1-3-5-7-9-11-13-15-17-19-21-22-24-26-28-30-32-34-42(47)36-37-45(49)55-43(41-54-56(50,51)53-39-38-46)40-52-44(48)35-33-31-29-27-25-23-20-18-16-14-12-10-8-6-4-2/h5,7,11,13,17,19,22,24,28,30,32,34,42-43,47H,3-4,6,8-10,12,14-16,18,20-21,23,25-27,29,31,33,35-41,46H2,1-2H3,(H,50,51)/b7-5-,13-11-,19-17-,24-22-,30-28-,34-32-/t42?,43-/m1/s1. The van der Waals surface area contributed by atoms with E-state index in [1.807, 2.05) is 12.2 Å². The summed E-state index contributed by atoms with van der Waals surface area (Å²) in [5, 5.41) is 10.3. The summed E-state index contributed by atoms with van der Waals surface area (Å²) in [5.74, 6) is -1.11. The number of phosphoric ester groups is 1. The van der Waals surface area contributed by atoms with Gasteiger partial charge < -0.3 is 25.2 Å². The zero-order valence-corrected chi connectivity index (χ0v) is 35.8. The van der Waals surface area contributed by atoms with Crippen LogP contribution in [0.4, 0.5) is 0 Å². The molecule has 2 unspecified atom stereocenters. The summed E-state index contributed by atoms with van der Waals surface area (Å²) >= 11 is 0. The molecular formula is C45H78NO9P. The molecular weight excluding hydrogens is 729 g/mol. The molecule has 322 valence electrons. The Morgan fingerprint density at radius 2 is 1.12 bits per heavy atom. The van der Waals surface area contributed by atoms with Crippen molar-refractivity contribution in [3.8, 4) is 0 Å². The highest BCUT2D eigenvalue weighted by atomic mass is 31.2. The number of ether oxygens (including phenoxy) is 2. The third-order valence-electron chi connectivity index (χ3n) is 8.72. The van der Waals surface area contributed by atoms with Gasteiger partial charge in [-0.3, -0.25) is 18.6 Å². The number of allylic oxidation sites excluding steroid dienone is 11. The number of phosphoric acid groups is 1. The Labute approximate surface area is 340 Å². The van der Waals surface area contributed by atoms with E-state index in [4.69, 9.17) is 24.3 Å². The molecule has 0 aliphatic heterocycles. The summed E-state index contributed by atoms with van der Waals surface area (Å²) in [6.45, 7) is 3.33. The van der Waals surface area contributed by atoms with Crippen molar-refractivity contribution in [3.05, 3.63) is 72.9 Å². The van der Waals surface area contributed by atoms with Crippen LogP contribution in [0, 0.1) is 0 Å². The second-order valence-corrected chi connectivity index (χ2v) is 15.5. The van der Waals surface area contributed by atoms with Crippen LogP contribution in [0.25, 0.3) is 0 Å². The normalized spacial score (nSPS) is 14.6. The molecule has 3 atom stereocenters.